The number of halogens is 1. The summed E-state index contributed by atoms with van der Waals surface area (Å²) in [5.74, 6) is 0.802. The molecule has 0 radical (unpaired) electrons. The van der Waals surface area contributed by atoms with Crippen molar-refractivity contribution < 1.29 is 4.79 Å². The highest BCUT2D eigenvalue weighted by Crippen LogP contribution is 2.35. The average molecular weight is 405 g/mol. The number of pyridine rings is 1. The molecule has 0 saturated carbocycles. The molecular formula is C18H17ClN4OS2. The fourth-order valence-corrected chi connectivity index (χ4v) is 4.98. The van der Waals surface area contributed by atoms with E-state index < -0.39 is 0 Å². The summed E-state index contributed by atoms with van der Waals surface area (Å²) in [5.41, 5.74) is 1.40. The Morgan fingerprint density at radius 2 is 2.00 bits per heavy atom. The number of hydrogen-bond donors (Lipinski definition) is 1. The zero-order chi connectivity index (χ0) is 18.1. The molecule has 1 aliphatic heterocycles. The van der Waals surface area contributed by atoms with Gasteiger partial charge in [0.15, 0.2) is 0 Å². The third-order valence-corrected chi connectivity index (χ3v) is 6.78. The number of carbonyl (C=O) groups is 1. The Morgan fingerprint density at radius 3 is 2.65 bits per heavy atom. The second kappa shape index (κ2) is 7.34. The predicted octanol–water partition coefficient (Wildman–Crippen LogP) is 5.08. The Labute approximate surface area is 164 Å². The first-order chi connectivity index (χ1) is 12.6. The zero-order valence-electron chi connectivity index (χ0n) is 14.2. The molecule has 8 heteroatoms. The van der Waals surface area contributed by atoms with Crippen molar-refractivity contribution in [2.45, 2.75) is 19.8 Å². The second-order valence-corrected chi connectivity index (χ2v) is 8.80. The summed E-state index contributed by atoms with van der Waals surface area (Å²) in [6.07, 6.45) is 4.13. The van der Waals surface area contributed by atoms with E-state index in [0.29, 0.717) is 20.6 Å². The topological polar surface area (TPSA) is 58.1 Å². The van der Waals surface area contributed by atoms with Gasteiger partial charge in [0.05, 0.1) is 26.8 Å². The first-order valence-electron chi connectivity index (χ1n) is 8.35. The molecule has 0 aliphatic carbocycles. The van der Waals surface area contributed by atoms with Crippen LogP contribution < -0.4 is 10.2 Å². The lowest BCUT2D eigenvalue weighted by atomic mass is 10.3. The van der Waals surface area contributed by atoms with Crippen LogP contribution in [0.25, 0.3) is 9.88 Å². The monoisotopic (exact) mass is 404 g/mol. The van der Waals surface area contributed by atoms with Crippen LogP contribution in [0.3, 0.4) is 0 Å². The van der Waals surface area contributed by atoms with Gasteiger partial charge < -0.3 is 10.2 Å². The minimum absolute atomic E-state index is 0.162. The van der Waals surface area contributed by atoms with E-state index in [-0.39, 0.29) is 5.91 Å². The van der Waals surface area contributed by atoms with E-state index in [9.17, 15) is 4.79 Å². The number of hydrogen-bond acceptors (Lipinski definition) is 6. The molecule has 1 N–H and O–H groups in total. The summed E-state index contributed by atoms with van der Waals surface area (Å²) in [5, 5.41) is 3.73. The van der Waals surface area contributed by atoms with Crippen molar-refractivity contribution in [3.8, 4) is 9.88 Å². The van der Waals surface area contributed by atoms with Crippen LogP contribution in [-0.2, 0) is 0 Å². The number of rotatable bonds is 4. The van der Waals surface area contributed by atoms with Gasteiger partial charge in [-0.1, -0.05) is 11.6 Å². The van der Waals surface area contributed by atoms with Crippen molar-refractivity contribution in [1.29, 1.82) is 0 Å². The highest BCUT2D eigenvalue weighted by molar-refractivity contribution is 7.24. The lowest BCUT2D eigenvalue weighted by Gasteiger charge is -2.16. The van der Waals surface area contributed by atoms with Crippen LogP contribution in [-0.4, -0.2) is 29.0 Å². The molecular weight excluding hydrogens is 388 g/mol. The van der Waals surface area contributed by atoms with Gasteiger partial charge in [0.2, 0.25) is 0 Å². The molecule has 1 aliphatic rings. The Hall–Kier alpha value is -1.96. The number of thiophene rings is 1. The molecule has 1 saturated heterocycles. The molecule has 0 spiro atoms. The van der Waals surface area contributed by atoms with Crippen molar-refractivity contribution in [1.82, 2.24) is 9.97 Å². The predicted molar refractivity (Wildman–Crippen MR) is 109 cm³/mol. The number of aryl methyl sites for hydroxylation is 1. The van der Waals surface area contributed by atoms with E-state index in [4.69, 9.17) is 11.6 Å². The van der Waals surface area contributed by atoms with Crippen molar-refractivity contribution in [2.75, 3.05) is 23.3 Å². The van der Waals surface area contributed by atoms with E-state index in [0.717, 1.165) is 28.8 Å². The summed E-state index contributed by atoms with van der Waals surface area (Å²) in [6, 6.07) is 7.62. The highest BCUT2D eigenvalue weighted by atomic mass is 35.5. The van der Waals surface area contributed by atoms with Gasteiger partial charge in [0.1, 0.15) is 15.7 Å². The zero-order valence-corrected chi connectivity index (χ0v) is 16.5. The maximum atomic E-state index is 12.6. The first-order valence-corrected chi connectivity index (χ1v) is 10.4. The van der Waals surface area contributed by atoms with Crippen molar-refractivity contribution in [3.63, 3.8) is 0 Å². The number of nitrogens with zero attached hydrogens (tertiary/aromatic N) is 3. The molecule has 3 aromatic heterocycles. The summed E-state index contributed by atoms with van der Waals surface area (Å²) in [7, 11) is 0. The number of thiazole rings is 1. The number of aromatic nitrogens is 2. The Kier molecular flexibility index (Phi) is 4.93. The van der Waals surface area contributed by atoms with Crippen LogP contribution in [0.5, 0.6) is 0 Å². The minimum atomic E-state index is -0.162. The molecule has 4 heterocycles. The molecule has 0 atom stereocenters. The molecule has 26 heavy (non-hydrogen) atoms. The van der Waals surface area contributed by atoms with Crippen LogP contribution in [0.4, 0.5) is 11.5 Å². The number of carbonyl (C=O) groups excluding carboxylic acids is 1. The lowest BCUT2D eigenvalue weighted by molar-refractivity contribution is 0.103. The van der Waals surface area contributed by atoms with Gasteiger partial charge in [-0.3, -0.25) is 4.79 Å². The Balaban J connectivity index is 1.48. The number of anilines is 2. The standard InChI is InChI=1S/C18H17ClN4OS2/c1-11-16(26-18(21-11)13-5-6-14(19)25-13)17(24)22-12-4-7-15(20-10-12)23-8-2-3-9-23/h4-7,10H,2-3,8-9H2,1H3,(H,22,24). The van der Waals surface area contributed by atoms with E-state index >= 15 is 0 Å². The fraction of sp³-hybridized carbons (Fsp3) is 0.278. The molecule has 134 valence electrons. The quantitative estimate of drug-likeness (QED) is 0.658. The summed E-state index contributed by atoms with van der Waals surface area (Å²) in [4.78, 5) is 25.4. The van der Waals surface area contributed by atoms with Gasteiger partial charge in [-0.05, 0) is 44.0 Å². The van der Waals surface area contributed by atoms with Crippen LogP contribution in [0.1, 0.15) is 28.2 Å². The maximum Gasteiger partial charge on any atom is 0.267 e. The fourth-order valence-electron chi connectivity index (χ4n) is 2.92. The third kappa shape index (κ3) is 3.60. The van der Waals surface area contributed by atoms with E-state index in [1.54, 1.807) is 6.20 Å². The van der Waals surface area contributed by atoms with Crippen LogP contribution in [0, 0.1) is 6.92 Å². The average Bonchev–Trinajstić information content (AvgIpc) is 3.36. The first kappa shape index (κ1) is 17.5. The summed E-state index contributed by atoms with van der Waals surface area (Å²) >= 11 is 8.83. The van der Waals surface area contributed by atoms with Gasteiger partial charge in [0.25, 0.3) is 5.91 Å². The smallest absolute Gasteiger partial charge is 0.267 e. The van der Waals surface area contributed by atoms with Crippen molar-refractivity contribution >= 4 is 51.7 Å². The van der Waals surface area contributed by atoms with E-state index in [1.807, 2.05) is 31.2 Å². The van der Waals surface area contributed by atoms with Gasteiger partial charge in [-0.2, -0.15) is 0 Å². The molecule has 1 amide bonds. The molecule has 5 nitrogen and oxygen atoms in total. The summed E-state index contributed by atoms with van der Waals surface area (Å²) in [6.45, 7) is 3.95. The van der Waals surface area contributed by atoms with E-state index in [2.05, 4.69) is 20.2 Å². The van der Waals surface area contributed by atoms with Crippen molar-refractivity contribution in [3.05, 3.63) is 45.4 Å². The third-order valence-electron chi connectivity index (χ3n) is 4.22. The molecule has 3 aromatic rings. The molecule has 0 bridgehead atoms. The molecule has 0 aromatic carbocycles. The SMILES string of the molecule is Cc1nc(-c2ccc(Cl)s2)sc1C(=O)Nc1ccc(N2CCCC2)nc1. The molecule has 4 rings (SSSR count). The van der Waals surface area contributed by atoms with Gasteiger partial charge in [0, 0.05) is 13.1 Å². The highest BCUT2D eigenvalue weighted by Gasteiger charge is 2.18. The second-order valence-electron chi connectivity index (χ2n) is 6.09. The Bertz CT molecular complexity index is 929. The molecule has 1 fully saturated rings. The maximum absolute atomic E-state index is 12.6. The largest absolute Gasteiger partial charge is 0.357 e. The number of amides is 1. The minimum Gasteiger partial charge on any atom is -0.357 e. The summed E-state index contributed by atoms with van der Waals surface area (Å²) < 4.78 is 0.711. The Morgan fingerprint density at radius 1 is 1.19 bits per heavy atom. The van der Waals surface area contributed by atoms with Crippen molar-refractivity contribution in [2.24, 2.45) is 0 Å². The number of nitrogens with one attached hydrogen (secondary N) is 1. The van der Waals surface area contributed by atoms with Crippen LogP contribution in [0.15, 0.2) is 30.5 Å². The van der Waals surface area contributed by atoms with Gasteiger partial charge in [-0.25, -0.2) is 9.97 Å². The van der Waals surface area contributed by atoms with Gasteiger partial charge >= 0.3 is 0 Å². The molecule has 0 unspecified atom stereocenters. The van der Waals surface area contributed by atoms with Crippen LogP contribution >= 0.6 is 34.3 Å². The lowest BCUT2D eigenvalue weighted by Crippen LogP contribution is -2.19. The van der Waals surface area contributed by atoms with Gasteiger partial charge in [-0.15, -0.1) is 22.7 Å². The normalized spacial score (nSPS) is 14.0. The van der Waals surface area contributed by atoms with E-state index in [1.165, 1.54) is 35.5 Å². The van der Waals surface area contributed by atoms with Crippen LogP contribution in [0.2, 0.25) is 4.34 Å².